The van der Waals surface area contributed by atoms with Crippen LogP contribution in [-0.2, 0) is 10.9 Å². The zero-order valence-corrected chi connectivity index (χ0v) is 20.6. The predicted molar refractivity (Wildman–Crippen MR) is 129 cm³/mol. The largest absolute Gasteiger partial charge is 0.417 e. The maximum Gasteiger partial charge on any atom is 0.417 e. The van der Waals surface area contributed by atoms with Gasteiger partial charge >= 0.3 is 6.18 Å². The molecule has 1 fully saturated rings. The zero-order valence-electron chi connectivity index (χ0n) is 19.0. The third-order valence-electron chi connectivity index (χ3n) is 5.46. The molecule has 0 radical (unpaired) electrons. The Balaban J connectivity index is 1.40. The molecule has 190 valence electrons. The molecule has 1 aliphatic rings. The molecule has 1 amide bonds. The Hall–Kier alpha value is -3.09. The number of morpholine rings is 1. The molecule has 1 aromatic carbocycles. The third-order valence-corrected chi connectivity index (χ3v) is 7.02. The molecule has 13 heteroatoms. The number of carbonyl (C=O) groups is 2. The van der Waals surface area contributed by atoms with E-state index in [4.69, 9.17) is 16.3 Å². The summed E-state index contributed by atoms with van der Waals surface area (Å²) in [5.74, 6) is -0.452. The maximum atomic E-state index is 13.1. The molecule has 0 bridgehead atoms. The standard InChI is InChI=1S/C23H21ClF3N5O3S/c1-13(8-18(33)17-10-20(30-12-29-17)32-4-6-35-7-5-32)22-28-11-19(36-22)21(34)31-14-2-3-16(24)15(9-14)23(25,26)27/h2-3,9-13H,4-8H2,1H3,(H,31,34). The molecule has 3 heterocycles. The number of benzene rings is 1. The normalized spacial score (nSPS) is 15.0. The van der Waals surface area contributed by atoms with Crippen molar-refractivity contribution in [2.75, 3.05) is 36.5 Å². The summed E-state index contributed by atoms with van der Waals surface area (Å²) in [5.41, 5.74) is -0.800. The SMILES string of the molecule is CC(CC(=O)c1cc(N2CCOCC2)ncn1)c1ncc(C(=O)Nc2ccc(Cl)c(C(F)(F)F)c2)s1. The molecule has 36 heavy (non-hydrogen) atoms. The van der Waals surface area contributed by atoms with Crippen LogP contribution < -0.4 is 10.2 Å². The summed E-state index contributed by atoms with van der Waals surface area (Å²) in [4.78, 5) is 40.2. The summed E-state index contributed by atoms with van der Waals surface area (Å²) >= 11 is 6.69. The van der Waals surface area contributed by atoms with Crippen LogP contribution in [-0.4, -0.2) is 52.9 Å². The Morgan fingerprint density at radius 2 is 1.94 bits per heavy atom. The molecule has 1 saturated heterocycles. The number of alkyl halides is 3. The second-order valence-corrected chi connectivity index (χ2v) is 9.57. The molecule has 2 aromatic heterocycles. The smallest absolute Gasteiger partial charge is 0.378 e. The number of halogens is 4. The van der Waals surface area contributed by atoms with Crippen molar-refractivity contribution < 1.29 is 27.5 Å². The van der Waals surface area contributed by atoms with Gasteiger partial charge in [0.05, 0.1) is 35.0 Å². The molecule has 0 aliphatic carbocycles. The summed E-state index contributed by atoms with van der Waals surface area (Å²) in [6.45, 7) is 4.34. The van der Waals surface area contributed by atoms with E-state index in [1.165, 1.54) is 18.6 Å². The summed E-state index contributed by atoms with van der Waals surface area (Å²) in [5, 5.41) is 2.52. The lowest BCUT2D eigenvalue weighted by molar-refractivity contribution is -0.137. The molecule has 3 aromatic rings. The van der Waals surface area contributed by atoms with E-state index in [1.54, 1.807) is 13.0 Å². The zero-order chi connectivity index (χ0) is 25.9. The third kappa shape index (κ3) is 6.18. The first-order valence-corrected chi connectivity index (χ1v) is 12.1. The van der Waals surface area contributed by atoms with Crippen LogP contribution in [0.3, 0.4) is 0 Å². The highest BCUT2D eigenvalue weighted by molar-refractivity contribution is 7.13. The number of aromatic nitrogens is 3. The number of hydrogen-bond donors (Lipinski definition) is 1. The minimum atomic E-state index is -4.65. The van der Waals surface area contributed by atoms with Gasteiger partial charge in [0.15, 0.2) is 5.78 Å². The first-order chi connectivity index (χ1) is 17.1. The second-order valence-electron chi connectivity index (χ2n) is 8.10. The van der Waals surface area contributed by atoms with Crippen LogP contribution in [0.4, 0.5) is 24.7 Å². The lowest BCUT2D eigenvalue weighted by Gasteiger charge is -2.27. The van der Waals surface area contributed by atoms with Crippen molar-refractivity contribution in [3.05, 3.63) is 63.0 Å². The summed E-state index contributed by atoms with van der Waals surface area (Å²) in [6, 6.07) is 4.79. The number of thiazole rings is 1. The van der Waals surface area contributed by atoms with Gasteiger partial charge in [-0.15, -0.1) is 11.3 Å². The van der Waals surface area contributed by atoms with Crippen LogP contribution in [0.1, 0.15) is 50.0 Å². The Morgan fingerprint density at radius 1 is 1.19 bits per heavy atom. The van der Waals surface area contributed by atoms with Crippen LogP contribution in [0.15, 0.2) is 36.8 Å². The molecule has 1 N–H and O–H groups in total. The van der Waals surface area contributed by atoms with Crippen LogP contribution in [0.5, 0.6) is 0 Å². The molecule has 4 rings (SSSR count). The van der Waals surface area contributed by atoms with Crippen molar-refractivity contribution >= 4 is 46.1 Å². The first kappa shape index (κ1) is 26.0. The Bertz CT molecular complexity index is 1260. The van der Waals surface area contributed by atoms with Crippen molar-refractivity contribution in [1.29, 1.82) is 0 Å². The van der Waals surface area contributed by atoms with Crippen LogP contribution in [0.2, 0.25) is 5.02 Å². The summed E-state index contributed by atoms with van der Waals surface area (Å²) < 4.78 is 44.6. The average Bonchev–Trinajstić information content (AvgIpc) is 3.36. The van der Waals surface area contributed by atoms with E-state index in [2.05, 4.69) is 20.3 Å². The van der Waals surface area contributed by atoms with Crippen molar-refractivity contribution in [1.82, 2.24) is 15.0 Å². The number of nitrogens with zero attached hydrogens (tertiary/aromatic N) is 4. The fraction of sp³-hybridized carbons (Fsp3) is 0.348. The van der Waals surface area contributed by atoms with Crippen LogP contribution in [0.25, 0.3) is 0 Å². The monoisotopic (exact) mass is 539 g/mol. The number of ether oxygens (including phenoxy) is 1. The number of carbonyl (C=O) groups excluding carboxylic acids is 2. The van der Waals surface area contributed by atoms with E-state index in [-0.39, 0.29) is 34.4 Å². The lowest BCUT2D eigenvalue weighted by atomic mass is 10.0. The minimum absolute atomic E-state index is 0.0465. The fourth-order valence-electron chi connectivity index (χ4n) is 3.57. The fourth-order valence-corrected chi connectivity index (χ4v) is 4.66. The highest BCUT2D eigenvalue weighted by Gasteiger charge is 2.33. The predicted octanol–water partition coefficient (Wildman–Crippen LogP) is 5.07. The molecule has 1 atom stereocenters. The Morgan fingerprint density at radius 3 is 2.67 bits per heavy atom. The van der Waals surface area contributed by atoms with Gasteiger partial charge in [-0.2, -0.15) is 13.2 Å². The van der Waals surface area contributed by atoms with Crippen LogP contribution >= 0.6 is 22.9 Å². The molecule has 1 unspecified atom stereocenters. The van der Waals surface area contributed by atoms with Gasteiger partial charge in [0.1, 0.15) is 22.7 Å². The number of ketones is 1. The quantitative estimate of drug-likeness (QED) is 0.419. The van der Waals surface area contributed by atoms with Gasteiger partial charge in [-0.1, -0.05) is 18.5 Å². The van der Waals surface area contributed by atoms with Gasteiger partial charge in [-0.05, 0) is 18.2 Å². The van der Waals surface area contributed by atoms with Crippen LogP contribution in [0, 0.1) is 0 Å². The van der Waals surface area contributed by atoms with Gasteiger partial charge in [0.2, 0.25) is 0 Å². The van der Waals surface area contributed by atoms with E-state index in [9.17, 15) is 22.8 Å². The number of anilines is 2. The molecular formula is C23H21ClF3N5O3S. The first-order valence-electron chi connectivity index (χ1n) is 10.9. The Kier molecular flexibility index (Phi) is 7.86. The van der Waals surface area contributed by atoms with Gasteiger partial charge < -0.3 is 15.0 Å². The minimum Gasteiger partial charge on any atom is -0.378 e. The average molecular weight is 540 g/mol. The molecule has 0 spiro atoms. The highest BCUT2D eigenvalue weighted by atomic mass is 35.5. The summed E-state index contributed by atoms with van der Waals surface area (Å²) in [7, 11) is 0. The van der Waals surface area contributed by atoms with Crippen molar-refractivity contribution in [2.45, 2.75) is 25.4 Å². The van der Waals surface area contributed by atoms with Crippen molar-refractivity contribution in [2.24, 2.45) is 0 Å². The van der Waals surface area contributed by atoms with E-state index in [0.717, 1.165) is 23.5 Å². The number of amides is 1. The topological polar surface area (TPSA) is 97.3 Å². The van der Waals surface area contributed by atoms with Gasteiger partial charge in [0.25, 0.3) is 5.91 Å². The van der Waals surface area contributed by atoms with Gasteiger partial charge in [-0.3, -0.25) is 9.59 Å². The molecular weight excluding hydrogens is 519 g/mol. The van der Waals surface area contributed by atoms with E-state index in [0.29, 0.717) is 37.1 Å². The summed E-state index contributed by atoms with van der Waals surface area (Å²) in [6.07, 6.45) is -1.85. The van der Waals surface area contributed by atoms with E-state index < -0.39 is 22.7 Å². The van der Waals surface area contributed by atoms with Crippen molar-refractivity contribution in [3.8, 4) is 0 Å². The molecule has 0 saturated carbocycles. The molecule has 8 nitrogen and oxygen atoms in total. The maximum absolute atomic E-state index is 13.1. The number of rotatable bonds is 7. The number of Topliss-reactive ketones (excluding diaryl/α,β-unsaturated/α-hetero) is 1. The van der Waals surface area contributed by atoms with Gasteiger partial charge in [0, 0.05) is 37.2 Å². The van der Waals surface area contributed by atoms with E-state index >= 15 is 0 Å². The number of nitrogens with one attached hydrogen (secondary N) is 1. The highest BCUT2D eigenvalue weighted by Crippen LogP contribution is 2.36. The van der Waals surface area contributed by atoms with Crippen molar-refractivity contribution in [3.63, 3.8) is 0 Å². The van der Waals surface area contributed by atoms with Gasteiger partial charge in [-0.25, -0.2) is 15.0 Å². The number of hydrogen-bond acceptors (Lipinski definition) is 8. The Labute approximate surface area is 213 Å². The molecule has 1 aliphatic heterocycles. The van der Waals surface area contributed by atoms with E-state index in [1.807, 2.05) is 4.90 Å². The lowest BCUT2D eigenvalue weighted by Crippen LogP contribution is -2.36. The second kappa shape index (κ2) is 10.9.